The number of rotatable bonds is 5. The standard InChI is InChI=1S/C16H23NO2S2/c1-6-13(4)17(14(18)10-21-16(20)19-5)15-11(2)8-7-9-12(15)3/h7-9,13H,6,10H2,1-5H3. The number of para-hydroxylation sites is 1. The predicted molar refractivity (Wildman–Crippen MR) is 95.2 cm³/mol. The summed E-state index contributed by atoms with van der Waals surface area (Å²) in [6.45, 7) is 8.24. The van der Waals surface area contributed by atoms with Crippen molar-refractivity contribution in [2.45, 2.75) is 40.2 Å². The number of anilines is 1. The zero-order valence-corrected chi connectivity index (χ0v) is 14.9. The summed E-state index contributed by atoms with van der Waals surface area (Å²) in [4.78, 5) is 14.6. The highest BCUT2D eigenvalue weighted by molar-refractivity contribution is 8.23. The van der Waals surface area contributed by atoms with E-state index >= 15 is 0 Å². The van der Waals surface area contributed by atoms with Gasteiger partial charge in [0.15, 0.2) is 0 Å². The quantitative estimate of drug-likeness (QED) is 0.762. The Hall–Kier alpha value is -1.07. The molecule has 5 heteroatoms. The molecule has 1 aromatic carbocycles. The van der Waals surface area contributed by atoms with Gasteiger partial charge in [0.05, 0.1) is 12.9 Å². The highest BCUT2D eigenvalue weighted by atomic mass is 32.2. The van der Waals surface area contributed by atoms with Gasteiger partial charge in [-0.15, -0.1) is 0 Å². The van der Waals surface area contributed by atoms with Gasteiger partial charge in [0.1, 0.15) is 0 Å². The van der Waals surface area contributed by atoms with Crippen LogP contribution in [0.2, 0.25) is 0 Å². The van der Waals surface area contributed by atoms with E-state index in [-0.39, 0.29) is 11.9 Å². The molecule has 0 spiro atoms. The number of amides is 1. The van der Waals surface area contributed by atoms with Gasteiger partial charge in [-0.05, 0) is 50.5 Å². The molecule has 0 aliphatic rings. The van der Waals surface area contributed by atoms with Crippen LogP contribution in [0.4, 0.5) is 5.69 Å². The minimum atomic E-state index is 0.0612. The van der Waals surface area contributed by atoms with Gasteiger partial charge in [0.2, 0.25) is 10.3 Å². The lowest BCUT2D eigenvalue weighted by Gasteiger charge is -2.31. The molecule has 3 nitrogen and oxygen atoms in total. The van der Waals surface area contributed by atoms with Crippen molar-refractivity contribution in [1.29, 1.82) is 0 Å². The minimum absolute atomic E-state index is 0.0612. The number of carbonyl (C=O) groups is 1. The molecule has 0 saturated heterocycles. The third-order valence-electron chi connectivity index (χ3n) is 3.46. The lowest BCUT2D eigenvalue weighted by atomic mass is 10.1. The Morgan fingerprint density at radius 3 is 2.43 bits per heavy atom. The highest BCUT2D eigenvalue weighted by Crippen LogP contribution is 2.28. The van der Waals surface area contributed by atoms with Crippen molar-refractivity contribution >= 4 is 40.0 Å². The Labute approximate surface area is 137 Å². The molecule has 1 unspecified atom stereocenters. The zero-order valence-electron chi connectivity index (χ0n) is 13.3. The van der Waals surface area contributed by atoms with Crippen LogP contribution in [-0.4, -0.2) is 29.2 Å². The summed E-state index contributed by atoms with van der Waals surface area (Å²) in [6.07, 6.45) is 0.902. The van der Waals surface area contributed by atoms with E-state index in [2.05, 4.69) is 13.8 Å². The molecule has 1 atom stereocenters. The number of hydrogen-bond acceptors (Lipinski definition) is 4. The second-order valence-corrected chi connectivity index (χ2v) is 6.58. The molecule has 1 aromatic rings. The first-order valence-electron chi connectivity index (χ1n) is 7.01. The van der Waals surface area contributed by atoms with Gasteiger partial charge in [0, 0.05) is 11.7 Å². The molecule has 0 radical (unpaired) electrons. The van der Waals surface area contributed by atoms with Crippen LogP contribution in [0, 0.1) is 13.8 Å². The number of nitrogens with zero attached hydrogens (tertiary/aromatic N) is 1. The Bertz CT molecular complexity index is 497. The van der Waals surface area contributed by atoms with Crippen LogP contribution in [0.1, 0.15) is 31.4 Å². The van der Waals surface area contributed by atoms with Crippen LogP contribution in [0.5, 0.6) is 0 Å². The van der Waals surface area contributed by atoms with E-state index in [0.29, 0.717) is 10.1 Å². The second kappa shape index (κ2) is 8.39. The van der Waals surface area contributed by atoms with E-state index in [4.69, 9.17) is 17.0 Å². The fraction of sp³-hybridized carbons (Fsp3) is 0.500. The first kappa shape index (κ1) is 18.0. The number of thioether (sulfide) groups is 1. The van der Waals surface area contributed by atoms with Crippen molar-refractivity contribution in [2.24, 2.45) is 0 Å². The smallest absolute Gasteiger partial charge is 0.237 e. The van der Waals surface area contributed by atoms with Gasteiger partial charge >= 0.3 is 0 Å². The van der Waals surface area contributed by atoms with E-state index in [1.165, 1.54) is 18.9 Å². The van der Waals surface area contributed by atoms with E-state index in [1.54, 1.807) is 0 Å². The first-order valence-corrected chi connectivity index (χ1v) is 8.40. The maximum Gasteiger partial charge on any atom is 0.237 e. The van der Waals surface area contributed by atoms with Crippen LogP contribution in [0.15, 0.2) is 18.2 Å². The fourth-order valence-electron chi connectivity index (χ4n) is 2.21. The van der Waals surface area contributed by atoms with Gasteiger partial charge in [-0.2, -0.15) is 0 Å². The monoisotopic (exact) mass is 325 g/mol. The normalized spacial score (nSPS) is 11.9. The zero-order chi connectivity index (χ0) is 16.0. The largest absolute Gasteiger partial charge is 0.482 e. The van der Waals surface area contributed by atoms with Gasteiger partial charge in [-0.3, -0.25) is 4.79 Å². The number of carbonyl (C=O) groups excluding carboxylic acids is 1. The van der Waals surface area contributed by atoms with E-state index < -0.39 is 0 Å². The van der Waals surface area contributed by atoms with Crippen molar-refractivity contribution in [1.82, 2.24) is 0 Å². The molecule has 116 valence electrons. The second-order valence-electron chi connectivity index (χ2n) is 5.00. The van der Waals surface area contributed by atoms with Crippen molar-refractivity contribution in [3.63, 3.8) is 0 Å². The average molecular weight is 325 g/mol. The maximum atomic E-state index is 12.7. The SMILES string of the molecule is CCC(C)N(C(=O)CSC(=S)OC)c1c(C)cccc1C. The fourth-order valence-corrected chi connectivity index (χ4v) is 2.88. The summed E-state index contributed by atoms with van der Waals surface area (Å²) >= 11 is 6.26. The number of thiocarbonyl (C=S) groups is 1. The molecule has 0 N–H and O–H groups in total. The van der Waals surface area contributed by atoms with Crippen molar-refractivity contribution in [2.75, 3.05) is 17.8 Å². The number of methoxy groups -OCH3 is 1. The van der Waals surface area contributed by atoms with Crippen LogP contribution >= 0.6 is 24.0 Å². The molecule has 0 aliphatic heterocycles. The van der Waals surface area contributed by atoms with Gasteiger partial charge < -0.3 is 9.64 Å². The predicted octanol–water partition coefficient (Wildman–Crippen LogP) is 4.10. The Kier molecular flexibility index (Phi) is 7.18. The number of aryl methyl sites for hydroxylation is 2. The van der Waals surface area contributed by atoms with Crippen LogP contribution < -0.4 is 4.90 Å². The van der Waals surface area contributed by atoms with Crippen LogP contribution in [0.3, 0.4) is 0 Å². The summed E-state index contributed by atoms with van der Waals surface area (Å²) in [7, 11) is 1.53. The molecular formula is C16H23NO2S2. The van der Waals surface area contributed by atoms with E-state index in [0.717, 1.165) is 23.2 Å². The molecule has 21 heavy (non-hydrogen) atoms. The van der Waals surface area contributed by atoms with Crippen molar-refractivity contribution < 1.29 is 9.53 Å². The summed E-state index contributed by atoms with van der Waals surface area (Å²) in [5.74, 6) is 0.358. The summed E-state index contributed by atoms with van der Waals surface area (Å²) in [5, 5.41) is 0. The molecule has 0 fully saturated rings. The van der Waals surface area contributed by atoms with Crippen LogP contribution in [-0.2, 0) is 9.53 Å². The van der Waals surface area contributed by atoms with Crippen LogP contribution in [0.25, 0.3) is 0 Å². The third-order valence-corrected chi connectivity index (χ3v) is 4.77. The van der Waals surface area contributed by atoms with Gasteiger partial charge in [-0.25, -0.2) is 0 Å². The Balaban J connectivity index is 3.06. The molecule has 1 rings (SSSR count). The average Bonchev–Trinajstić information content (AvgIpc) is 2.47. The molecule has 0 bridgehead atoms. The minimum Gasteiger partial charge on any atom is -0.482 e. The molecule has 0 aromatic heterocycles. The molecule has 1 amide bonds. The van der Waals surface area contributed by atoms with Crippen molar-refractivity contribution in [3.8, 4) is 0 Å². The topological polar surface area (TPSA) is 29.5 Å². The highest BCUT2D eigenvalue weighted by Gasteiger charge is 2.24. The maximum absolute atomic E-state index is 12.7. The van der Waals surface area contributed by atoms with Crippen molar-refractivity contribution in [3.05, 3.63) is 29.3 Å². The third kappa shape index (κ3) is 4.71. The molecule has 0 aliphatic carbocycles. The summed E-state index contributed by atoms with van der Waals surface area (Å²) in [5.41, 5.74) is 3.24. The molecule has 0 saturated carbocycles. The Morgan fingerprint density at radius 1 is 1.38 bits per heavy atom. The van der Waals surface area contributed by atoms with Gasteiger partial charge in [0.25, 0.3) is 0 Å². The number of hydrogen-bond donors (Lipinski definition) is 0. The molecule has 0 heterocycles. The summed E-state index contributed by atoms with van der Waals surface area (Å²) < 4.78 is 5.34. The first-order chi connectivity index (χ1) is 9.92. The number of ether oxygens (including phenoxy) is 1. The molecular weight excluding hydrogens is 302 g/mol. The Morgan fingerprint density at radius 2 is 1.95 bits per heavy atom. The summed E-state index contributed by atoms with van der Waals surface area (Å²) in [6, 6.07) is 6.24. The lowest BCUT2D eigenvalue weighted by molar-refractivity contribution is -0.116. The van der Waals surface area contributed by atoms with E-state index in [1.807, 2.05) is 36.9 Å². The van der Waals surface area contributed by atoms with E-state index in [9.17, 15) is 4.79 Å². The lowest BCUT2D eigenvalue weighted by Crippen LogP contribution is -2.40. The van der Waals surface area contributed by atoms with Gasteiger partial charge in [-0.1, -0.05) is 36.9 Å². The number of benzene rings is 1.